The lowest BCUT2D eigenvalue weighted by atomic mass is 9.84. The van der Waals surface area contributed by atoms with Crippen LogP contribution in [0.1, 0.15) is 27.2 Å². The highest BCUT2D eigenvalue weighted by Gasteiger charge is 2.52. The molecule has 0 aromatic rings. The van der Waals surface area contributed by atoms with Crippen molar-refractivity contribution in [2.45, 2.75) is 44.5 Å². The lowest BCUT2D eigenvalue weighted by Gasteiger charge is -2.53. The lowest BCUT2D eigenvalue weighted by Crippen LogP contribution is -2.72. The van der Waals surface area contributed by atoms with Crippen molar-refractivity contribution in [1.82, 2.24) is 9.80 Å². The molecule has 0 saturated carbocycles. The SMILES string of the molecule is CN(CC(F)(F)F)C1(CC(=O)O)CN(C(=O)OC(C)(C)C)C1. The van der Waals surface area contributed by atoms with Crippen molar-refractivity contribution >= 4 is 12.1 Å². The second kappa shape index (κ2) is 5.94. The lowest BCUT2D eigenvalue weighted by molar-refractivity contribution is -0.174. The van der Waals surface area contributed by atoms with Crippen molar-refractivity contribution in [3.8, 4) is 0 Å². The number of aliphatic carboxylic acids is 1. The number of ether oxygens (including phenoxy) is 1. The maximum atomic E-state index is 12.5. The minimum Gasteiger partial charge on any atom is -0.481 e. The Morgan fingerprint density at radius 2 is 1.77 bits per heavy atom. The van der Waals surface area contributed by atoms with E-state index in [1.165, 1.54) is 11.9 Å². The number of carboxylic acid groups (broad SMARTS) is 1. The van der Waals surface area contributed by atoms with Gasteiger partial charge in [-0.3, -0.25) is 9.69 Å². The highest BCUT2D eigenvalue weighted by molar-refractivity contribution is 5.73. The number of amides is 1. The van der Waals surface area contributed by atoms with E-state index in [0.717, 1.165) is 4.90 Å². The van der Waals surface area contributed by atoms with E-state index in [2.05, 4.69) is 0 Å². The number of carbonyl (C=O) groups excluding carboxylic acids is 1. The van der Waals surface area contributed by atoms with Crippen LogP contribution in [0.5, 0.6) is 0 Å². The molecule has 1 N–H and O–H groups in total. The van der Waals surface area contributed by atoms with Gasteiger partial charge in [0.15, 0.2) is 0 Å². The highest BCUT2D eigenvalue weighted by Crippen LogP contribution is 2.33. The molecule has 1 saturated heterocycles. The van der Waals surface area contributed by atoms with E-state index in [0.29, 0.717) is 0 Å². The Morgan fingerprint density at radius 1 is 1.27 bits per heavy atom. The second-order valence-electron chi connectivity index (χ2n) is 6.60. The van der Waals surface area contributed by atoms with Crippen LogP contribution in [0.15, 0.2) is 0 Å². The zero-order valence-corrected chi connectivity index (χ0v) is 13.0. The Labute approximate surface area is 126 Å². The minimum atomic E-state index is -4.44. The molecule has 0 radical (unpaired) electrons. The van der Waals surface area contributed by atoms with Crippen LogP contribution in [-0.2, 0) is 9.53 Å². The highest BCUT2D eigenvalue weighted by atomic mass is 19.4. The van der Waals surface area contributed by atoms with Gasteiger partial charge in [0, 0.05) is 13.1 Å². The van der Waals surface area contributed by atoms with E-state index in [9.17, 15) is 22.8 Å². The van der Waals surface area contributed by atoms with E-state index >= 15 is 0 Å². The van der Waals surface area contributed by atoms with Crippen LogP contribution in [0.25, 0.3) is 0 Å². The minimum absolute atomic E-state index is 0.110. The number of carboxylic acids is 1. The number of carbonyl (C=O) groups is 2. The van der Waals surface area contributed by atoms with Gasteiger partial charge >= 0.3 is 18.2 Å². The predicted octanol–water partition coefficient (Wildman–Crippen LogP) is 1.94. The molecule has 1 amide bonds. The number of alkyl halides is 3. The summed E-state index contributed by atoms with van der Waals surface area (Å²) in [7, 11) is 1.21. The first-order chi connectivity index (χ1) is 9.74. The molecule has 1 aliphatic heterocycles. The van der Waals surface area contributed by atoms with Gasteiger partial charge in [-0.05, 0) is 27.8 Å². The average Bonchev–Trinajstić information content (AvgIpc) is 2.16. The Bertz CT molecular complexity index is 440. The molecule has 0 aromatic carbocycles. The third kappa shape index (κ3) is 5.04. The van der Waals surface area contributed by atoms with Gasteiger partial charge in [-0.2, -0.15) is 13.2 Å². The summed E-state index contributed by atoms with van der Waals surface area (Å²) in [5.41, 5.74) is -1.95. The number of likely N-dealkylation sites (N-methyl/N-ethyl adjacent to an activating group) is 1. The van der Waals surface area contributed by atoms with Crippen LogP contribution in [0.3, 0.4) is 0 Å². The third-order valence-electron chi connectivity index (χ3n) is 3.33. The second-order valence-corrected chi connectivity index (χ2v) is 6.60. The van der Waals surface area contributed by atoms with Crippen LogP contribution in [0.2, 0.25) is 0 Å². The first kappa shape index (κ1) is 18.5. The van der Waals surface area contributed by atoms with Crippen LogP contribution >= 0.6 is 0 Å². The van der Waals surface area contributed by atoms with Crippen molar-refractivity contribution in [1.29, 1.82) is 0 Å². The molecule has 6 nitrogen and oxygen atoms in total. The summed E-state index contributed by atoms with van der Waals surface area (Å²) < 4.78 is 42.7. The zero-order valence-electron chi connectivity index (χ0n) is 13.0. The summed E-state index contributed by atoms with van der Waals surface area (Å²) in [6, 6.07) is 0. The summed E-state index contributed by atoms with van der Waals surface area (Å²) in [6.07, 6.45) is -5.57. The molecule has 0 unspecified atom stereocenters. The maximum absolute atomic E-state index is 12.5. The van der Waals surface area contributed by atoms with Crippen LogP contribution in [0, 0.1) is 0 Å². The van der Waals surface area contributed by atoms with Crippen molar-refractivity contribution in [3.63, 3.8) is 0 Å². The molecule has 1 aliphatic rings. The van der Waals surface area contributed by atoms with Gasteiger partial charge in [0.25, 0.3) is 0 Å². The maximum Gasteiger partial charge on any atom is 0.410 e. The molecule has 0 spiro atoms. The van der Waals surface area contributed by atoms with Gasteiger partial charge in [0.2, 0.25) is 0 Å². The summed E-state index contributed by atoms with van der Waals surface area (Å²) in [4.78, 5) is 24.9. The van der Waals surface area contributed by atoms with Crippen molar-refractivity contribution in [2.75, 3.05) is 26.7 Å². The Morgan fingerprint density at radius 3 is 2.14 bits per heavy atom. The van der Waals surface area contributed by atoms with Gasteiger partial charge < -0.3 is 14.7 Å². The van der Waals surface area contributed by atoms with Crippen LogP contribution < -0.4 is 0 Å². The summed E-state index contributed by atoms with van der Waals surface area (Å²) in [5, 5.41) is 8.93. The van der Waals surface area contributed by atoms with Crippen molar-refractivity contribution in [3.05, 3.63) is 0 Å². The number of likely N-dealkylation sites (tertiary alicyclic amines) is 1. The Kier molecular flexibility index (Phi) is 5.01. The molecule has 9 heteroatoms. The smallest absolute Gasteiger partial charge is 0.410 e. The predicted molar refractivity (Wildman–Crippen MR) is 71.5 cm³/mol. The molecule has 0 aliphatic carbocycles. The monoisotopic (exact) mass is 326 g/mol. The zero-order chi connectivity index (χ0) is 17.3. The fraction of sp³-hybridized carbons (Fsp3) is 0.846. The van der Waals surface area contributed by atoms with E-state index in [1.54, 1.807) is 20.8 Å². The molecular formula is C13H21F3N2O4. The van der Waals surface area contributed by atoms with Gasteiger partial charge in [0.05, 0.1) is 18.5 Å². The number of rotatable bonds is 4. The molecule has 0 aromatic heterocycles. The Hall–Kier alpha value is -1.51. The molecule has 0 atom stereocenters. The van der Waals surface area contributed by atoms with Crippen molar-refractivity contribution in [2.24, 2.45) is 0 Å². The first-order valence-electron chi connectivity index (χ1n) is 6.72. The summed E-state index contributed by atoms with van der Waals surface area (Å²) in [5.74, 6) is -1.21. The van der Waals surface area contributed by atoms with E-state index in [-0.39, 0.29) is 13.1 Å². The molecule has 1 heterocycles. The standard InChI is InChI=1S/C13H21F3N2O4/c1-11(2,3)22-10(21)18-6-12(7-18,5-9(19)20)17(4)8-13(14,15)16/h5-8H2,1-4H3,(H,19,20). The Balaban J connectivity index is 2.75. The fourth-order valence-electron chi connectivity index (χ4n) is 2.33. The van der Waals surface area contributed by atoms with E-state index in [1.807, 2.05) is 0 Å². The number of hydrogen-bond donors (Lipinski definition) is 1. The molecule has 1 rings (SSSR count). The van der Waals surface area contributed by atoms with Crippen molar-refractivity contribution < 1.29 is 32.6 Å². The molecule has 22 heavy (non-hydrogen) atoms. The molecule has 0 bridgehead atoms. The van der Waals surface area contributed by atoms with Gasteiger partial charge in [-0.15, -0.1) is 0 Å². The average molecular weight is 326 g/mol. The van der Waals surface area contributed by atoms with Crippen LogP contribution in [-0.4, -0.2) is 71.0 Å². The quantitative estimate of drug-likeness (QED) is 0.855. The third-order valence-corrected chi connectivity index (χ3v) is 3.33. The molecule has 128 valence electrons. The van der Waals surface area contributed by atoms with Gasteiger partial charge in [0.1, 0.15) is 5.60 Å². The summed E-state index contributed by atoms with van der Waals surface area (Å²) >= 11 is 0. The van der Waals surface area contributed by atoms with Gasteiger partial charge in [-0.25, -0.2) is 4.79 Å². The first-order valence-corrected chi connectivity index (χ1v) is 6.72. The fourth-order valence-corrected chi connectivity index (χ4v) is 2.33. The number of halogens is 3. The number of nitrogens with zero attached hydrogens (tertiary/aromatic N) is 2. The van der Waals surface area contributed by atoms with Crippen LogP contribution in [0.4, 0.5) is 18.0 Å². The van der Waals surface area contributed by atoms with Gasteiger partial charge in [-0.1, -0.05) is 0 Å². The normalized spacial score (nSPS) is 18.1. The van der Waals surface area contributed by atoms with E-state index < -0.39 is 42.3 Å². The van der Waals surface area contributed by atoms with E-state index in [4.69, 9.17) is 9.84 Å². The number of hydrogen-bond acceptors (Lipinski definition) is 4. The molecular weight excluding hydrogens is 305 g/mol. The topological polar surface area (TPSA) is 70.1 Å². The molecule has 1 fully saturated rings. The largest absolute Gasteiger partial charge is 0.481 e. The summed E-state index contributed by atoms with van der Waals surface area (Å²) in [6.45, 7) is 3.56.